The molecule has 82 valence electrons. The van der Waals surface area contributed by atoms with Crippen LogP contribution < -0.4 is 0 Å². The van der Waals surface area contributed by atoms with E-state index in [1.54, 1.807) is 0 Å². The van der Waals surface area contributed by atoms with E-state index in [2.05, 4.69) is 10.2 Å². The van der Waals surface area contributed by atoms with E-state index < -0.39 is 30.7 Å². The number of carboxylic acid groups (broad SMARTS) is 1. The van der Waals surface area contributed by atoms with Gasteiger partial charge in [-0.1, -0.05) is 0 Å². The van der Waals surface area contributed by atoms with Crippen LogP contribution in [0.15, 0.2) is 0 Å². The molecule has 0 spiro atoms. The number of hydrogen-bond acceptors (Lipinski definition) is 3. The maximum atomic E-state index is 10.6. The number of rotatable bonds is 8. The van der Waals surface area contributed by atoms with Gasteiger partial charge in [0, 0.05) is 0 Å². The van der Waals surface area contributed by atoms with E-state index in [4.69, 9.17) is 8.79 Å². The molecule has 0 rings (SSSR count). The Hall–Kier alpha value is -0.0957. The summed E-state index contributed by atoms with van der Waals surface area (Å²) in [5.74, 6) is -1.16. The Balaban J connectivity index is 3.74. The molecule has 1 unspecified atom stereocenters. The third-order valence-corrected chi connectivity index (χ3v) is 2.60. The Kier molecular flexibility index (Phi) is 8.18. The van der Waals surface area contributed by atoms with Gasteiger partial charge in [-0.3, -0.25) is 0 Å². The Labute approximate surface area is 90.2 Å². The van der Waals surface area contributed by atoms with Crippen LogP contribution in [0.5, 0.6) is 0 Å². The van der Waals surface area contributed by atoms with Gasteiger partial charge in [-0.2, -0.15) is 0 Å². The van der Waals surface area contributed by atoms with E-state index >= 15 is 0 Å². The first kappa shape index (κ1) is 13.9. The van der Waals surface area contributed by atoms with Crippen LogP contribution in [0.25, 0.3) is 0 Å². The molecule has 14 heavy (non-hydrogen) atoms. The van der Waals surface area contributed by atoms with Crippen molar-refractivity contribution in [1.82, 2.24) is 0 Å². The summed E-state index contributed by atoms with van der Waals surface area (Å²) in [5, 5.41) is 8.63. The van der Waals surface area contributed by atoms with Gasteiger partial charge in [0.15, 0.2) is 0 Å². The summed E-state index contributed by atoms with van der Waals surface area (Å²) < 4.78 is 23.3. The van der Waals surface area contributed by atoms with Gasteiger partial charge in [-0.05, 0) is 0 Å². The average molecular weight is 240 g/mol. The Morgan fingerprint density at radius 3 is 2.50 bits per heavy atom. The van der Waals surface area contributed by atoms with Crippen LogP contribution >= 0.6 is 0 Å². The normalized spacial score (nSPS) is 12.4. The van der Waals surface area contributed by atoms with Gasteiger partial charge >= 0.3 is 89.9 Å². The van der Waals surface area contributed by atoms with Crippen LogP contribution in [0.3, 0.4) is 0 Å². The van der Waals surface area contributed by atoms with Crippen molar-refractivity contribution in [1.29, 1.82) is 0 Å². The summed E-state index contributed by atoms with van der Waals surface area (Å²) in [7, 11) is 0. The zero-order valence-electron chi connectivity index (χ0n) is 8.23. The van der Waals surface area contributed by atoms with Crippen LogP contribution in [-0.2, 0) is 30.1 Å². The van der Waals surface area contributed by atoms with Crippen molar-refractivity contribution in [2.45, 2.75) is 45.1 Å². The van der Waals surface area contributed by atoms with Gasteiger partial charge in [0.25, 0.3) is 0 Å². The van der Waals surface area contributed by atoms with Crippen molar-refractivity contribution in [2.75, 3.05) is 0 Å². The quantitative estimate of drug-likeness (QED) is 0.492. The third-order valence-electron chi connectivity index (χ3n) is 1.84. The molecule has 0 saturated carbocycles. The second kappa shape index (κ2) is 8.23. The van der Waals surface area contributed by atoms with Crippen molar-refractivity contribution < 1.29 is 38.8 Å². The first-order chi connectivity index (χ1) is 6.57. The van der Waals surface area contributed by atoms with Gasteiger partial charge in [0.1, 0.15) is 0 Å². The molecular formula is C8H16O5Ti. The second-order valence-electron chi connectivity index (χ2n) is 3.06. The summed E-state index contributed by atoms with van der Waals surface area (Å²) in [4.78, 5) is 10.6. The van der Waals surface area contributed by atoms with Gasteiger partial charge < -0.3 is 0 Å². The monoisotopic (exact) mass is 240 g/mol. The molecular weight excluding hydrogens is 224 g/mol. The van der Waals surface area contributed by atoms with Crippen LogP contribution in [-0.4, -0.2) is 20.9 Å². The molecule has 0 aromatic heterocycles. The molecule has 1 atom stereocenters. The Morgan fingerprint density at radius 1 is 1.43 bits per heavy atom. The molecule has 0 radical (unpaired) electrons. The summed E-state index contributed by atoms with van der Waals surface area (Å²) in [5.41, 5.74) is 0. The van der Waals surface area contributed by atoms with Crippen molar-refractivity contribution in [3.05, 3.63) is 0 Å². The van der Waals surface area contributed by atoms with E-state index in [0.717, 1.165) is 25.7 Å². The molecule has 5 nitrogen and oxygen atoms in total. The molecule has 0 aromatic rings. The molecule has 0 bridgehead atoms. The van der Waals surface area contributed by atoms with Gasteiger partial charge in [0.2, 0.25) is 0 Å². The minimum absolute atomic E-state index is 0.314. The zero-order chi connectivity index (χ0) is 11.0. The topological polar surface area (TPSA) is 83.8 Å². The fourth-order valence-corrected chi connectivity index (χ4v) is 1.83. The molecule has 2 N–H and O–H groups in total. The van der Waals surface area contributed by atoms with Crippen molar-refractivity contribution in [2.24, 2.45) is 0 Å². The first-order valence-electron chi connectivity index (χ1n) is 4.70. The molecule has 0 heterocycles. The third kappa shape index (κ3) is 7.32. The minimum atomic E-state index is -3.72. The van der Waals surface area contributed by atoms with Crippen molar-refractivity contribution in [3.8, 4) is 0 Å². The van der Waals surface area contributed by atoms with Crippen LogP contribution in [0.2, 0.25) is 0 Å². The summed E-state index contributed by atoms with van der Waals surface area (Å²) in [6.45, 7) is 2.06. The molecule has 0 saturated heterocycles. The number of hydrogen-bond donors (Lipinski definition) is 2. The fourth-order valence-electron chi connectivity index (χ4n) is 1.11. The molecule has 0 aliphatic rings. The summed E-state index contributed by atoms with van der Waals surface area (Å²) in [6, 6.07) is 0. The van der Waals surface area contributed by atoms with Gasteiger partial charge in [0.05, 0.1) is 0 Å². The predicted octanol–water partition coefficient (Wildman–Crippen LogP) is 1.21. The maximum absolute atomic E-state index is 10.6. The molecule has 0 fully saturated rings. The SMILES string of the molecule is CCCCCCC([O][Ti](=[O])[OH])C(=O)O. The predicted molar refractivity (Wildman–Crippen MR) is 44.2 cm³/mol. The fraction of sp³-hybridized carbons (Fsp3) is 0.875. The van der Waals surface area contributed by atoms with Crippen LogP contribution in [0.1, 0.15) is 39.0 Å². The second-order valence-corrected chi connectivity index (χ2v) is 4.26. The number of carboxylic acids is 1. The van der Waals surface area contributed by atoms with Crippen molar-refractivity contribution >= 4 is 5.97 Å². The molecule has 0 amide bonds. The molecule has 0 aliphatic heterocycles. The first-order valence-corrected chi connectivity index (χ1v) is 6.67. The van der Waals surface area contributed by atoms with Crippen LogP contribution in [0.4, 0.5) is 0 Å². The van der Waals surface area contributed by atoms with E-state index in [-0.39, 0.29) is 0 Å². The molecule has 6 heteroatoms. The van der Waals surface area contributed by atoms with Gasteiger partial charge in [-0.25, -0.2) is 0 Å². The number of carbonyl (C=O) groups is 1. The zero-order valence-corrected chi connectivity index (χ0v) is 9.79. The Bertz CT molecular complexity index is 194. The summed E-state index contributed by atoms with van der Waals surface area (Å²) in [6.07, 6.45) is 2.98. The standard InChI is InChI=1S/C8H15O3.H2O.O.Ti/c1-2-3-4-5-6-7(9)8(10)11;;;/h7H,2-6H2,1H3,(H,10,11);1H2;;/q-1;;;+2/p-1. The van der Waals surface area contributed by atoms with E-state index in [1.165, 1.54) is 0 Å². The number of aliphatic carboxylic acids is 1. The average Bonchev–Trinajstić information content (AvgIpc) is 2.09. The van der Waals surface area contributed by atoms with Crippen LogP contribution in [0, 0.1) is 0 Å². The van der Waals surface area contributed by atoms with Gasteiger partial charge in [-0.15, -0.1) is 0 Å². The van der Waals surface area contributed by atoms with Crippen molar-refractivity contribution in [3.63, 3.8) is 0 Å². The van der Waals surface area contributed by atoms with E-state index in [9.17, 15) is 8.12 Å². The number of unbranched alkanes of at least 4 members (excludes halogenated alkanes) is 3. The van der Waals surface area contributed by atoms with E-state index in [0.29, 0.717) is 6.42 Å². The Morgan fingerprint density at radius 2 is 2.07 bits per heavy atom. The molecule has 0 aliphatic carbocycles. The van der Waals surface area contributed by atoms with E-state index in [1.807, 2.05) is 0 Å². The molecule has 0 aromatic carbocycles. The summed E-state index contributed by atoms with van der Waals surface area (Å²) >= 11 is -3.72.